The van der Waals surface area contributed by atoms with Crippen molar-refractivity contribution < 1.29 is 0 Å². The van der Waals surface area contributed by atoms with Crippen LogP contribution in [-0.2, 0) is 13.1 Å². The molecule has 0 saturated carbocycles. The zero-order valence-corrected chi connectivity index (χ0v) is 14.6. The molecule has 4 nitrogen and oxygen atoms in total. The molecule has 0 atom stereocenters. The van der Waals surface area contributed by atoms with E-state index in [1.54, 1.807) is 6.08 Å². The van der Waals surface area contributed by atoms with Crippen molar-refractivity contribution in [2.45, 2.75) is 20.0 Å². The Hall–Kier alpha value is -1.08. The second-order valence-electron chi connectivity index (χ2n) is 4.52. The molecule has 112 valence electrons. The smallest absolute Gasteiger partial charge is 0.189 e. The number of guanidine groups is 1. The van der Waals surface area contributed by atoms with E-state index in [0.29, 0.717) is 19.0 Å². The van der Waals surface area contributed by atoms with Crippen molar-refractivity contribution in [3.05, 3.63) is 48.0 Å². The molecule has 0 heterocycles. The van der Waals surface area contributed by atoms with E-state index >= 15 is 0 Å². The number of rotatable bonds is 7. The third kappa shape index (κ3) is 7.49. The molecule has 0 aromatic heterocycles. The van der Waals surface area contributed by atoms with Gasteiger partial charge in [-0.25, -0.2) is 4.99 Å². The summed E-state index contributed by atoms with van der Waals surface area (Å²) >= 11 is 0. The minimum atomic E-state index is 0. The van der Waals surface area contributed by atoms with Crippen molar-refractivity contribution >= 4 is 29.9 Å². The average Bonchev–Trinajstić information content (AvgIpc) is 2.43. The first-order valence-corrected chi connectivity index (χ1v) is 6.56. The van der Waals surface area contributed by atoms with Crippen LogP contribution in [0.3, 0.4) is 0 Å². The summed E-state index contributed by atoms with van der Waals surface area (Å²) in [7, 11) is 2.11. The van der Waals surface area contributed by atoms with Gasteiger partial charge in [-0.3, -0.25) is 0 Å². The molecule has 20 heavy (non-hydrogen) atoms. The molecule has 0 unspecified atom stereocenters. The van der Waals surface area contributed by atoms with Crippen molar-refractivity contribution in [3.63, 3.8) is 0 Å². The van der Waals surface area contributed by atoms with Crippen LogP contribution in [0.1, 0.15) is 18.1 Å². The van der Waals surface area contributed by atoms with Crippen LogP contribution in [0.4, 0.5) is 0 Å². The van der Waals surface area contributed by atoms with Gasteiger partial charge in [0.15, 0.2) is 5.96 Å². The van der Waals surface area contributed by atoms with Gasteiger partial charge in [0.05, 0.1) is 6.54 Å². The highest BCUT2D eigenvalue weighted by atomic mass is 127. The minimum absolute atomic E-state index is 0. The molecule has 0 aliphatic heterocycles. The van der Waals surface area contributed by atoms with Crippen molar-refractivity contribution in [2.24, 2.45) is 10.7 Å². The van der Waals surface area contributed by atoms with Gasteiger partial charge in [0, 0.05) is 13.1 Å². The first-order chi connectivity index (χ1) is 9.15. The minimum Gasteiger partial charge on any atom is -0.370 e. The highest BCUT2D eigenvalue weighted by molar-refractivity contribution is 14.0. The van der Waals surface area contributed by atoms with E-state index in [1.807, 2.05) is 0 Å². The third-order valence-electron chi connectivity index (χ3n) is 2.84. The summed E-state index contributed by atoms with van der Waals surface area (Å²) in [6.07, 6.45) is 1.75. The number of hydrogen-bond donors (Lipinski definition) is 2. The normalized spacial score (nSPS) is 11.1. The standard InChI is InChI=1S/C15H24N4.HI/c1-4-9-17-15(16)18-11-13-7-6-8-14(10-13)12-19(3)5-2;/h4,6-8,10H,1,5,9,11-12H2,2-3H3,(H3,16,17,18);1H. The van der Waals surface area contributed by atoms with Gasteiger partial charge in [0.2, 0.25) is 0 Å². The Kier molecular flexibility index (Phi) is 10.1. The Morgan fingerprint density at radius 1 is 1.45 bits per heavy atom. The molecular weight excluding hydrogens is 363 g/mol. The molecule has 0 amide bonds. The Balaban J connectivity index is 0.00000361. The first kappa shape index (κ1) is 18.9. The van der Waals surface area contributed by atoms with Crippen LogP contribution in [0.5, 0.6) is 0 Å². The molecule has 0 radical (unpaired) electrons. The van der Waals surface area contributed by atoms with Crippen LogP contribution in [0.2, 0.25) is 0 Å². The van der Waals surface area contributed by atoms with Gasteiger partial charge in [-0.1, -0.05) is 37.3 Å². The van der Waals surface area contributed by atoms with Gasteiger partial charge < -0.3 is 16.0 Å². The number of nitrogens with one attached hydrogen (secondary N) is 1. The zero-order chi connectivity index (χ0) is 14.1. The van der Waals surface area contributed by atoms with Crippen LogP contribution >= 0.6 is 24.0 Å². The lowest BCUT2D eigenvalue weighted by Gasteiger charge is -2.14. The lowest BCUT2D eigenvalue weighted by molar-refractivity contribution is 0.345. The molecule has 1 aromatic carbocycles. The summed E-state index contributed by atoms with van der Waals surface area (Å²) in [6.45, 7) is 9.00. The van der Waals surface area contributed by atoms with Crippen LogP contribution in [0, 0.1) is 0 Å². The van der Waals surface area contributed by atoms with Crippen LogP contribution < -0.4 is 11.1 Å². The van der Waals surface area contributed by atoms with E-state index < -0.39 is 0 Å². The predicted octanol–water partition coefficient (Wildman–Crippen LogP) is 2.35. The molecule has 0 aliphatic rings. The Bertz CT molecular complexity index is 432. The summed E-state index contributed by atoms with van der Waals surface area (Å²) < 4.78 is 0. The van der Waals surface area contributed by atoms with Crippen molar-refractivity contribution in [1.29, 1.82) is 0 Å². The van der Waals surface area contributed by atoms with Crippen LogP contribution in [0.15, 0.2) is 41.9 Å². The number of nitrogens with zero attached hydrogens (tertiary/aromatic N) is 2. The topological polar surface area (TPSA) is 53.6 Å². The van der Waals surface area contributed by atoms with Crippen molar-refractivity contribution in [3.8, 4) is 0 Å². The van der Waals surface area contributed by atoms with Crippen LogP contribution in [0.25, 0.3) is 0 Å². The molecule has 0 fully saturated rings. The third-order valence-corrected chi connectivity index (χ3v) is 2.84. The average molecular weight is 388 g/mol. The van der Waals surface area contributed by atoms with Gasteiger partial charge >= 0.3 is 0 Å². The maximum absolute atomic E-state index is 5.73. The van der Waals surface area contributed by atoms with Crippen molar-refractivity contribution in [1.82, 2.24) is 10.2 Å². The fourth-order valence-electron chi connectivity index (χ4n) is 1.66. The SMILES string of the molecule is C=CCNC(N)=NCc1cccc(CN(C)CC)c1.I. The summed E-state index contributed by atoms with van der Waals surface area (Å²) in [5.41, 5.74) is 8.20. The summed E-state index contributed by atoms with van der Waals surface area (Å²) in [5, 5.41) is 2.96. The van der Waals surface area contributed by atoms with E-state index in [1.165, 1.54) is 11.1 Å². The predicted molar refractivity (Wildman–Crippen MR) is 97.4 cm³/mol. The molecular formula is C15H25IN4. The first-order valence-electron chi connectivity index (χ1n) is 6.56. The maximum atomic E-state index is 5.73. The number of hydrogen-bond acceptors (Lipinski definition) is 2. The highest BCUT2D eigenvalue weighted by Gasteiger charge is 1.99. The van der Waals surface area contributed by atoms with E-state index in [2.05, 4.69) is 60.0 Å². The van der Waals surface area contributed by atoms with E-state index in [9.17, 15) is 0 Å². The van der Waals surface area contributed by atoms with Crippen molar-refractivity contribution in [2.75, 3.05) is 20.1 Å². The Morgan fingerprint density at radius 3 is 2.80 bits per heavy atom. The number of halogens is 1. The molecule has 5 heteroatoms. The molecule has 1 aromatic rings. The fraction of sp³-hybridized carbons (Fsp3) is 0.400. The summed E-state index contributed by atoms with van der Waals surface area (Å²) in [6, 6.07) is 8.45. The zero-order valence-electron chi connectivity index (χ0n) is 12.3. The summed E-state index contributed by atoms with van der Waals surface area (Å²) in [4.78, 5) is 6.56. The quantitative estimate of drug-likeness (QED) is 0.326. The molecule has 0 aliphatic carbocycles. The maximum Gasteiger partial charge on any atom is 0.189 e. The lowest BCUT2D eigenvalue weighted by Crippen LogP contribution is -2.31. The van der Waals surface area contributed by atoms with E-state index in [4.69, 9.17) is 5.73 Å². The number of benzene rings is 1. The molecule has 1 rings (SSSR count). The molecule has 0 saturated heterocycles. The number of nitrogens with two attached hydrogens (primary N) is 1. The monoisotopic (exact) mass is 388 g/mol. The van der Waals surface area contributed by atoms with Gasteiger partial charge in [0.25, 0.3) is 0 Å². The highest BCUT2D eigenvalue weighted by Crippen LogP contribution is 2.08. The van der Waals surface area contributed by atoms with Gasteiger partial charge in [-0.2, -0.15) is 0 Å². The van der Waals surface area contributed by atoms with Gasteiger partial charge in [0.1, 0.15) is 0 Å². The largest absolute Gasteiger partial charge is 0.370 e. The Labute approximate surface area is 139 Å². The molecule has 0 spiro atoms. The summed E-state index contributed by atoms with van der Waals surface area (Å²) in [5.74, 6) is 0.455. The second-order valence-corrected chi connectivity index (χ2v) is 4.52. The van der Waals surface area contributed by atoms with Gasteiger partial charge in [-0.05, 0) is 24.7 Å². The van der Waals surface area contributed by atoms with E-state index in [-0.39, 0.29) is 24.0 Å². The lowest BCUT2D eigenvalue weighted by atomic mass is 10.1. The Morgan fingerprint density at radius 2 is 2.15 bits per heavy atom. The van der Waals surface area contributed by atoms with Gasteiger partial charge in [-0.15, -0.1) is 30.6 Å². The van der Waals surface area contributed by atoms with E-state index in [0.717, 1.165) is 13.1 Å². The molecule has 3 N–H and O–H groups in total. The van der Waals surface area contributed by atoms with Crippen LogP contribution in [-0.4, -0.2) is 31.0 Å². The molecule has 0 bridgehead atoms. The fourth-order valence-corrected chi connectivity index (χ4v) is 1.66. The second kappa shape index (κ2) is 10.7. The number of aliphatic imine (C=N–C) groups is 1.